The summed E-state index contributed by atoms with van der Waals surface area (Å²) in [5.41, 5.74) is 2.21. The molecule has 4 aromatic carbocycles. The van der Waals surface area contributed by atoms with E-state index in [1.165, 1.54) is 14.1 Å². The zero-order chi connectivity index (χ0) is 23.3. The molecule has 0 spiro atoms. The van der Waals surface area contributed by atoms with Crippen molar-refractivity contribution >= 4 is 67.6 Å². The second-order valence-electron chi connectivity index (χ2n) is 8.50. The molecule has 0 aliphatic carbocycles. The van der Waals surface area contributed by atoms with E-state index in [1.807, 2.05) is 31.2 Å². The monoisotopic (exact) mass is 434 g/mol. The van der Waals surface area contributed by atoms with Crippen molar-refractivity contribution in [3.8, 4) is 0 Å². The first-order valence-corrected chi connectivity index (χ1v) is 10.6. The van der Waals surface area contributed by atoms with Gasteiger partial charge in [-0.15, -0.1) is 0 Å². The fourth-order valence-electron chi connectivity index (χ4n) is 5.37. The number of carbonyl (C=O) groups excluding carboxylic acids is 4. The average molecular weight is 434 g/mol. The maximum Gasteiger partial charge on any atom is 0.261 e. The summed E-state index contributed by atoms with van der Waals surface area (Å²) in [7, 11) is 2.94. The molecule has 160 valence electrons. The van der Waals surface area contributed by atoms with Gasteiger partial charge in [0.2, 0.25) is 0 Å². The zero-order valence-electron chi connectivity index (χ0n) is 18.3. The van der Waals surface area contributed by atoms with Crippen molar-refractivity contribution < 1.29 is 19.2 Å². The minimum Gasteiger partial charge on any atom is -0.277 e. The van der Waals surface area contributed by atoms with Crippen LogP contribution in [0.5, 0.6) is 0 Å². The van der Waals surface area contributed by atoms with Gasteiger partial charge in [0, 0.05) is 47.3 Å². The zero-order valence-corrected chi connectivity index (χ0v) is 18.3. The third-order valence-corrected chi connectivity index (χ3v) is 6.97. The number of hydrogen-bond acceptors (Lipinski definition) is 4. The fourth-order valence-corrected chi connectivity index (χ4v) is 5.37. The van der Waals surface area contributed by atoms with Crippen LogP contribution in [-0.2, 0) is 4.79 Å². The molecular weight excluding hydrogens is 416 g/mol. The first-order chi connectivity index (χ1) is 15.8. The van der Waals surface area contributed by atoms with E-state index in [9.17, 15) is 19.2 Å². The first-order valence-electron chi connectivity index (χ1n) is 10.6. The first kappa shape index (κ1) is 19.4. The maximum absolute atomic E-state index is 12.9. The Balaban J connectivity index is 1.90. The fraction of sp³-hybridized carbons (Fsp3) is 0.111. The van der Waals surface area contributed by atoms with Gasteiger partial charge >= 0.3 is 0 Å². The third kappa shape index (κ3) is 2.13. The minimum absolute atomic E-state index is 0.268. The standard InChI is InChI=1S/C27H18N2O4/c1-5-13-14-6-10-18-23-19(27(33)29(4)26(18)32)11-8-16(22(14)23)15-7-9-17-20(21(13)15)12(2)24(30)28(3)25(17)31/h5-11H,2H2,1,3-4H3/b13-5-. The van der Waals surface area contributed by atoms with Crippen molar-refractivity contribution in [1.29, 1.82) is 0 Å². The number of imide groups is 2. The van der Waals surface area contributed by atoms with Gasteiger partial charge in [-0.3, -0.25) is 29.0 Å². The van der Waals surface area contributed by atoms with Crippen LogP contribution in [-0.4, -0.2) is 47.5 Å². The highest BCUT2D eigenvalue weighted by molar-refractivity contribution is 6.37. The summed E-state index contributed by atoms with van der Waals surface area (Å²) in [6.07, 6.45) is 1.94. The van der Waals surface area contributed by atoms with Crippen molar-refractivity contribution in [2.45, 2.75) is 6.92 Å². The third-order valence-electron chi connectivity index (χ3n) is 6.97. The average Bonchev–Trinajstić information content (AvgIpc) is 2.83. The van der Waals surface area contributed by atoms with Crippen LogP contribution in [0, 0.1) is 0 Å². The predicted octanol–water partition coefficient (Wildman–Crippen LogP) is 3.52. The van der Waals surface area contributed by atoms with Crippen molar-refractivity contribution in [2.75, 3.05) is 14.1 Å². The lowest BCUT2D eigenvalue weighted by molar-refractivity contribution is -0.121. The molecule has 6 heteroatoms. The summed E-state index contributed by atoms with van der Waals surface area (Å²) in [5, 5.41) is 5.63. The molecular formula is C27H18N2O4. The smallest absolute Gasteiger partial charge is 0.261 e. The Morgan fingerprint density at radius 2 is 1.12 bits per heavy atom. The number of fused-ring (bicyclic) bond motifs is 4. The Morgan fingerprint density at radius 3 is 1.73 bits per heavy atom. The number of carbonyl (C=O) groups is 4. The van der Waals surface area contributed by atoms with Crippen molar-refractivity contribution in [3.63, 3.8) is 0 Å². The van der Waals surface area contributed by atoms with Gasteiger partial charge in [0.25, 0.3) is 23.6 Å². The summed E-state index contributed by atoms with van der Waals surface area (Å²) in [5.74, 6) is -1.45. The number of likely N-dealkylation sites (N-methyl/N-ethyl adjacent to an activating group) is 1. The number of rotatable bonds is 0. The molecule has 4 amide bonds. The predicted molar refractivity (Wildman–Crippen MR) is 127 cm³/mol. The van der Waals surface area contributed by atoms with E-state index in [2.05, 4.69) is 6.58 Å². The maximum atomic E-state index is 12.9. The van der Waals surface area contributed by atoms with E-state index in [0.717, 1.165) is 41.9 Å². The Morgan fingerprint density at radius 1 is 0.636 bits per heavy atom. The van der Waals surface area contributed by atoms with Crippen LogP contribution in [0.2, 0.25) is 0 Å². The van der Waals surface area contributed by atoms with Gasteiger partial charge < -0.3 is 0 Å². The molecule has 0 saturated carbocycles. The SMILES string of the molecule is C=C1C(=O)N(C)C(=O)c2ccc3c(c21)/c(=C\C)c1ccc2c4c(ccc3c41)C(=O)N(C)C2=O. The lowest BCUT2D eigenvalue weighted by Crippen LogP contribution is -2.38. The Bertz CT molecular complexity index is 1720. The molecule has 2 aliphatic rings. The molecule has 0 fully saturated rings. The molecule has 0 unspecified atom stereocenters. The van der Waals surface area contributed by atoms with Crippen LogP contribution >= 0.6 is 0 Å². The van der Waals surface area contributed by atoms with Crippen LogP contribution in [0.25, 0.3) is 44.0 Å². The molecule has 0 saturated heterocycles. The van der Waals surface area contributed by atoms with Gasteiger partial charge in [-0.1, -0.05) is 30.9 Å². The Hall–Kier alpha value is -4.32. The highest BCUT2D eigenvalue weighted by Crippen LogP contribution is 2.40. The number of hydrogen-bond donors (Lipinski definition) is 0. The number of nitrogens with zero attached hydrogens (tertiary/aromatic N) is 2. The molecule has 0 N–H and O–H groups in total. The summed E-state index contributed by atoms with van der Waals surface area (Å²) in [4.78, 5) is 53.6. The van der Waals surface area contributed by atoms with Crippen molar-refractivity contribution in [1.82, 2.24) is 9.80 Å². The van der Waals surface area contributed by atoms with Gasteiger partial charge in [-0.05, 0) is 57.3 Å². The summed E-state index contributed by atoms with van der Waals surface area (Å²) >= 11 is 0. The van der Waals surface area contributed by atoms with E-state index in [0.29, 0.717) is 27.6 Å². The van der Waals surface area contributed by atoms with E-state index in [4.69, 9.17) is 0 Å². The second-order valence-corrected chi connectivity index (χ2v) is 8.50. The lowest BCUT2D eigenvalue weighted by atomic mass is 9.82. The molecule has 0 atom stereocenters. The largest absolute Gasteiger partial charge is 0.277 e. The van der Waals surface area contributed by atoms with E-state index in [1.54, 1.807) is 18.2 Å². The molecule has 0 aromatic heterocycles. The molecule has 4 aromatic rings. The topological polar surface area (TPSA) is 74.8 Å². The summed E-state index contributed by atoms with van der Waals surface area (Å²) < 4.78 is 0. The van der Waals surface area contributed by atoms with E-state index < -0.39 is 5.91 Å². The van der Waals surface area contributed by atoms with Crippen LogP contribution in [0.3, 0.4) is 0 Å². The van der Waals surface area contributed by atoms with E-state index >= 15 is 0 Å². The Kier molecular flexibility index (Phi) is 3.60. The Labute approximate surface area is 188 Å². The van der Waals surface area contributed by atoms with Gasteiger partial charge in [0.05, 0.1) is 0 Å². The quantitative estimate of drug-likeness (QED) is 0.184. The molecule has 2 aliphatic heterocycles. The number of amides is 4. The second kappa shape index (κ2) is 6.13. The normalized spacial score (nSPS) is 16.7. The van der Waals surface area contributed by atoms with Gasteiger partial charge in [0.15, 0.2) is 0 Å². The van der Waals surface area contributed by atoms with Crippen LogP contribution in [0.4, 0.5) is 0 Å². The number of benzene rings is 4. The molecule has 6 nitrogen and oxygen atoms in total. The van der Waals surface area contributed by atoms with E-state index in [-0.39, 0.29) is 23.3 Å². The minimum atomic E-state index is -0.424. The molecule has 0 radical (unpaired) electrons. The lowest BCUT2D eigenvalue weighted by Gasteiger charge is -2.28. The van der Waals surface area contributed by atoms with Crippen molar-refractivity contribution in [3.05, 3.63) is 70.4 Å². The summed E-state index contributed by atoms with van der Waals surface area (Å²) in [6, 6.07) is 10.9. The molecule has 0 bridgehead atoms. The van der Waals surface area contributed by atoms with Gasteiger partial charge in [-0.2, -0.15) is 0 Å². The van der Waals surface area contributed by atoms with Crippen LogP contribution in [0.1, 0.15) is 43.6 Å². The van der Waals surface area contributed by atoms with Crippen molar-refractivity contribution in [2.24, 2.45) is 0 Å². The van der Waals surface area contributed by atoms with Gasteiger partial charge in [-0.25, -0.2) is 0 Å². The van der Waals surface area contributed by atoms with Crippen LogP contribution in [0.15, 0.2) is 43.0 Å². The van der Waals surface area contributed by atoms with Crippen LogP contribution < -0.4 is 5.22 Å². The molecule has 6 rings (SSSR count). The highest BCUT2D eigenvalue weighted by atomic mass is 16.2. The molecule has 33 heavy (non-hydrogen) atoms. The highest BCUT2D eigenvalue weighted by Gasteiger charge is 2.35. The van der Waals surface area contributed by atoms with Gasteiger partial charge in [0.1, 0.15) is 0 Å². The molecule has 2 heterocycles. The summed E-state index contributed by atoms with van der Waals surface area (Å²) in [6.45, 7) is 5.91.